The van der Waals surface area contributed by atoms with Gasteiger partial charge in [0.2, 0.25) is 5.91 Å². The van der Waals surface area contributed by atoms with Crippen molar-refractivity contribution in [1.82, 2.24) is 15.5 Å². The second-order valence-corrected chi connectivity index (χ2v) is 9.51. The molecule has 1 saturated heterocycles. The Morgan fingerprint density at radius 1 is 1.25 bits per heavy atom. The summed E-state index contributed by atoms with van der Waals surface area (Å²) in [5.41, 5.74) is 7.49. The van der Waals surface area contributed by atoms with Crippen molar-refractivity contribution in [2.75, 3.05) is 5.75 Å². The summed E-state index contributed by atoms with van der Waals surface area (Å²) in [6, 6.07) is 6.07. The molecule has 1 fully saturated rings. The number of aliphatic carboxylic acids is 1. The molecule has 1 unspecified atom stereocenters. The van der Waals surface area contributed by atoms with Crippen LogP contribution in [0, 0.1) is 5.92 Å². The molecule has 2 heterocycles. The maximum atomic E-state index is 12.9. The lowest BCUT2D eigenvalue weighted by Crippen LogP contribution is -2.71. The first-order valence-electron chi connectivity index (χ1n) is 10.4. The lowest BCUT2D eigenvalue weighted by atomic mass is 10.00. The van der Waals surface area contributed by atoms with E-state index in [9.17, 15) is 24.3 Å². The number of nitrogens with one attached hydrogen (secondary N) is 2. The molecule has 2 aliphatic heterocycles. The number of hydrogen-bond donors (Lipinski definition) is 4. The first-order chi connectivity index (χ1) is 15.1. The summed E-state index contributed by atoms with van der Waals surface area (Å²) in [5.74, 6) is -2.07. The monoisotopic (exact) mass is 460 g/mol. The molecule has 1 aromatic rings. The van der Waals surface area contributed by atoms with Gasteiger partial charge in [-0.15, -0.1) is 11.8 Å². The van der Waals surface area contributed by atoms with Crippen molar-refractivity contribution in [2.45, 2.75) is 50.7 Å². The fourth-order valence-electron chi connectivity index (χ4n) is 3.77. The number of carbonyl (C=O) groups excluding carboxylic acids is 3. The van der Waals surface area contributed by atoms with E-state index in [1.807, 2.05) is 19.9 Å². The number of nitrogens with two attached hydrogens (primary N) is 1. The number of nitrogens with zero attached hydrogens (tertiary/aromatic N) is 1. The number of benzene rings is 1. The van der Waals surface area contributed by atoms with Gasteiger partial charge >= 0.3 is 5.97 Å². The molecule has 0 saturated carbocycles. The smallest absolute Gasteiger partial charge is 0.326 e. The molecule has 0 aromatic heterocycles. The standard InChI is InChI=1S/C22H28N4O5S/c1-11(2)9-14(22(30)31)24-19(28)17-12(3)10-32-21-16(20(29)26(17)21)25-18(27)15(23)13-7-5-4-6-8-13/h4-8,11,14-16,21H,9-10,23H2,1-3H3,(H,24,28)(H,25,27)(H,30,31)/t14-,15?,16+,21+/m0/s1. The van der Waals surface area contributed by atoms with Crippen molar-refractivity contribution < 1.29 is 24.3 Å². The van der Waals surface area contributed by atoms with Crippen LogP contribution in [-0.2, 0) is 19.2 Å². The van der Waals surface area contributed by atoms with E-state index in [0.29, 0.717) is 16.9 Å². The zero-order valence-electron chi connectivity index (χ0n) is 18.2. The Kier molecular flexibility index (Phi) is 7.25. The minimum absolute atomic E-state index is 0.0696. The first-order valence-corrected chi connectivity index (χ1v) is 11.5. The van der Waals surface area contributed by atoms with Crippen molar-refractivity contribution in [2.24, 2.45) is 11.7 Å². The molecular weight excluding hydrogens is 432 g/mol. The third kappa shape index (κ3) is 4.81. The maximum Gasteiger partial charge on any atom is 0.326 e. The first kappa shape index (κ1) is 23.8. The van der Waals surface area contributed by atoms with Gasteiger partial charge < -0.3 is 21.5 Å². The minimum atomic E-state index is -1.12. The molecule has 0 spiro atoms. The number of amides is 3. The average Bonchev–Trinajstić information content (AvgIpc) is 2.76. The molecule has 3 amide bonds. The Labute approximate surface area is 190 Å². The minimum Gasteiger partial charge on any atom is -0.480 e. The number of β-lactam (4-membered cyclic amide) rings is 1. The zero-order valence-corrected chi connectivity index (χ0v) is 19.0. The number of carboxylic acid groups (broad SMARTS) is 1. The number of carboxylic acids is 1. The number of carbonyl (C=O) groups is 4. The maximum absolute atomic E-state index is 12.9. The predicted molar refractivity (Wildman–Crippen MR) is 120 cm³/mol. The summed E-state index contributed by atoms with van der Waals surface area (Å²) < 4.78 is 0. The summed E-state index contributed by atoms with van der Waals surface area (Å²) in [7, 11) is 0. The summed E-state index contributed by atoms with van der Waals surface area (Å²) in [5, 5.41) is 14.2. The van der Waals surface area contributed by atoms with Gasteiger partial charge in [0.15, 0.2) is 0 Å². The summed E-state index contributed by atoms with van der Waals surface area (Å²) in [6.07, 6.45) is 0.273. The van der Waals surface area contributed by atoms with Crippen LogP contribution in [0.5, 0.6) is 0 Å². The summed E-state index contributed by atoms with van der Waals surface area (Å²) in [4.78, 5) is 51.3. The zero-order chi connectivity index (χ0) is 23.6. The van der Waals surface area contributed by atoms with E-state index in [-0.39, 0.29) is 18.0 Å². The Bertz CT molecular complexity index is 949. The van der Waals surface area contributed by atoms with Crippen LogP contribution in [-0.4, -0.2) is 56.9 Å². The number of hydrogen-bond acceptors (Lipinski definition) is 6. The Morgan fingerprint density at radius 3 is 2.50 bits per heavy atom. The molecule has 0 aliphatic carbocycles. The molecule has 4 atom stereocenters. The molecule has 2 aliphatic rings. The Balaban J connectivity index is 1.70. The lowest BCUT2D eigenvalue weighted by Gasteiger charge is -2.50. The Hall–Kier alpha value is -2.85. The van der Waals surface area contributed by atoms with Gasteiger partial charge in [-0.05, 0) is 30.4 Å². The van der Waals surface area contributed by atoms with Gasteiger partial charge in [-0.2, -0.15) is 0 Å². The van der Waals surface area contributed by atoms with Crippen molar-refractivity contribution >= 4 is 35.5 Å². The van der Waals surface area contributed by atoms with E-state index in [2.05, 4.69) is 10.6 Å². The molecule has 3 rings (SSSR count). The fraction of sp³-hybridized carbons (Fsp3) is 0.455. The van der Waals surface area contributed by atoms with Crippen LogP contribution in [0.2, 0.25) is 0 Å². The van der Waals surface area contributed by atoms with Crippen molar-refractivity contribution in [1.29, 1.82) is 0 Å². The average molecular weight is 461 g/mol. The highest BCUT2D eigenvalue weighted by Gasteiger charge is 2.54. The summed E-state index contributed by atoms with van der Waals surface area (Å²) >= 11 is 1.43. The number of rotatable bonds is 8. The highest BCUT2D eigenvalue weighted by atomic mass is 32.2. The quantitative estimate of drug-likeness (QED) is 0.424. The van der Waals surface area contributed by atoms with E-state index in [0.717, 1.165) is 0 Å². The van der Waals surface area contributed by atoms with Crippen LogP contribution in [0.15, 0.2) is 41.6 Å². The van der Waals surface area contributed by atoms with Gasteiger partial charge in [-0.1, -0.05) is 44.2 Å². The number of fused-ring (bicyclic) bond motifs is 1. The molecule has 172 valence electrons. The fourth-order valence-corrected chi connectivity index (χ4v) is 5.06. The third-order valence-electron chi connectivity index (χ3n) is 5.42. The van der Waals surface area contributed by atoms with Crippen LogP contribution in [0.1, 0.15) is 38.8 Å². The molecule has 10 heteroatoms. The molecule has 9 nitrogen and oxygen atoms in total. The van der Waals surface area contributed by atoms with Gasteiger partial charge in [0.1, 0.15) is 29.2 Å². The molecule has 1 aromatic carbocycles. The van der Waals surface area contributed by atoms with Gasteiger partial charge in [0.25, 0.3) is 11.8 Å². The van der Waals surface area contributed by atoms with Crippen molar-refractivity contribution in [3.8, 4) is 0 Å². The van der Waals surface area contributed by atoms with Gasteiger partial charge in [-0.3, -0.25) is 19.3 Å². The van der Waals surface area contributed by atoms with Crippen LogP contribution in [0.25, 0.3) is 0 Å². The van der Waals surface area contributed by atoms with Gasteiger partial charge in [-0.25, -0.2) is 4.79 Å². The van der Waals surface area contributed by atoms with E-state index in [1.165, 1.54) is 16.7 Å². The molecule has 0 bridgehead atoms. The molecular formula is C22H28N4O5S. The van der Waals surface area contributed by atoms with Crippen LogP contribution < -0.4 is 16.4 Å². The van der Waals surface area contributed by atoms with E-state index in [1.54, 1.807) is 31.2 Å². The molecule has 5 N–H and O–H groups in total. The van der Waals surface area contributed by atoms with E-state index >= 15 is 0 Å². The third-order valence-corrected chi connectivity index (χ3v) is 6.85. The molecule has 0 radical (unpaired) electrons. The van der Waals surface area contributed by atoms with Crippen molar-refractivity contribution in [3.05, 3.63) is 47.2 Å². The van der Waals surface area contributed by atoms with Crippen LogP contribution >= 0.6 is 11.8 Å². The second kappa shape index (κ2) is 9.74. The van der Waals surface area contributed by atoms with Crippen molar-refractivity contribution in [3.63, 3.8) is 0 Å². The predicted octanol–water partition coefficient (Wildman–Crippen LogP) is 0.976. The molecule has 32 heavy (non-hydrogen) atoms. The Morgan fingerprint density at radius 2 is 1.91 bits per heavy atom. The van der Waals surface area contributed by atoms with Gasteiger partial charge in [0, 0.05) is 5.75 Å². The van der Waals surface area contributed by atoms with Crippen LogP contribution in [0.3, 0.4) is 0 Å². The van der Waals surface area contributed by atoms with E-state index < -0.39 is 47.2 Å². The van der Waals surface area contributed by atoms with E-state index in [4.69, 9.17) is 5.73 Å². The largest absolute Gasteiger partial charge is 0.480 e. The highest BCUT2D eigenvalue weighted by molar-refractivity contribution is 8.00. The normalized spacial score (nSPS) is 22.0. The number of thioether (sulfide) groups is 1. The SMILES string of the molecule is CC1=C(C(=O)N[C@@H](CC(C)C)C(=O)O)N2C(=O)[C@@H](NC(=O)C(N)c3ccccc3)[C@H]2SC1. The highest BCUT2D eigenvalue weighted by Crippen LogP contribution is 2.40. The summed E-state index contributed by atoms with van der Waals surface area (Å²) in [6.45, 7) is 5.47. The van der Waals surface area contributed by atoms with Gasteiger partial charge in [0.05, 0.1) is 0 Å². The van der Waals surface area contributed by atoms with Crippen LogP contribution in [0.4, 0.5) is 0 Å². The second-order valence-electron chi connectivity index (χ2n) is 8.41. The topological polar surface area (TPSA) is 142 Å². The lowest BCUT2D eigenvalue weighted by molar-refractivity contribution is -0.148.